The van der Waals surface area contributed by atoms with Crippen LogP contribution in [0.1, 0.15) is 28.8 Å². The van der Waals surface area contributed by atoms with Gasteiger partial charge in [-0.25, -0.2) is 0 Å². The molecule has 1 fully saturated rings. The maximum Gasteiger partial charge on any atom is 0.256 e. The van der Waals surface area contributed by atoms with Gasteiger partial charge in [0.15, 0.2) is 0 Å². The molecule has 6 heteroatoms. The Balaban J connectivity index is 1.51. The van der Waals surface area contributed by atoms with E-state index in [0.29, 0.717) is 30.2 Å². The van der Waals surface area contributed by atoms with Crippen molar-refractivity contribution in [1.82, 2.24) is 0 Å². The first-order chi connectivity index (χ1) is 13.2. The predicted molar refractivity (Wildman–Crippen MR) is 102 cm³/mol. The number of fused-ring (bicyclic) bond motifs is 1. The first kappa shape index (κ1) is 17.5. The molecule has 4 rings (SSSR count). The molecule has 0 bridgehead atoms. The van der Waals surface area contributed by atoms with Gasteiger partial charge in [-0.05, 0) is 61.2 Å². The van der Waals surface area contributed by atoms with Gasteiger partial charge in [0.25, 0.3) is 11.8 Å². The van der Waals surface area contributed by atoms with Gasteiger partial charge in [0.2, 0.25) is 0 Å². The molecule has 0 spiro atoms. The van der Waals surface area contributed by atoms with Gasteiger partial charge in [-0.3, -0.25) is 9.59 Å². The normalized spacial score (nSPS) is 18.3. The fraction of sp³-hybridized carbons (Fsp3) is 0.333. The average Bonchev–Trinajstić information content (AvgIpc) is 3.37. The summed E-state index contributed by atoms with van der Waals surface area (Å²) in [7, 11) is 1.59. The number of nitrogens with zero attached hydrogens (tertiary/aromatic N) is 1. The molecule has 1 saturated heterocycles. The Labute approximate surface area is 158 Å². The summed E-state index contributed by atoms with van der Waals surface area (Å²) in [5.41, 5.74) is 3.19. The number of amides is 2. The Kier molecular flexibility index (Phi) is 4.81. The van der Waals surface area contributed by atoms with Crippen LogP contribution in [0.4, 0.5) is 11.4 Å². The molecule has 2 heterocycles. The van der Waals surface area contributed by atoms with Gasteiger partial charge in [-0.2, -0.15) is 0 Å². The highest BCUT2D eigenvalue weighted by molar-refractivity contribution is 6.05. The second-order valence-corrected chi connectivity index (χ2v) is 6.77. The summed E-state index contributed by atoms with van der Waals surface area (Å²) < 4.78 is 10.7. The van der Waals surface area contributed by atoms with Crippen LogP contribution in [0.5, 0.6) is 5.75 Å². The minimum Gasteiger partial charge on any atom is -0.497 e. The Bertz CT molecular complexity index is 857. The number of hydrogen-bond acceptors (Lipinski definition) is 4. The summed E-state index contributed by atoms with van der Waals surface area (Å²) in [6.07, 6.45) is 2.18. The van der Waals surface area contributed by atoms with Gasteiger partial charge < -0.3 is 19.7 Å². The number of rotatable bonds is 4. The Morgan fingerprint density at radius 3 is 2.70 bits per heavy atom. The van der Waals surface area contributed by atoms with E-state index in [0.717, 1.165) is 30.5 Å². The number of carbonyl (C=O) groups is 2. The van der Waals surface area contributed by atoms with Crippen molar-refractivity contribution < 1.29 is 19.1 Å². The first-order valence-corrected chi connectivity index (χ1v) is 9.17. The second kappa shape index (κ2) is 7.40. The third kappa shape index (κ3) is 3.53. The van der Waals surface area contributed by atoms with Crippen LogP contribution in [-0.4, -0.2) is 38.2 Å². The molecule has 1 atom stereocenters. The minimum absolute atomic E-state index is 0.0184. The van der Waals surface area contributed by atoms with E-state index in [9.17, 15) is 9.59 Å². The van der Waals surface area contributed by atoms with E-state index < -0.39 is 0 Å². The number of anilines is 2. The number of ether oxygens (including phenoxy) is 2. The number of methoxy groups -OCH3 is 1. The molecule has 1 N–H and O–H groups in total. The molecule has 2 aliphatic rings. The van der Waals surface area contributed by atoms with Crippen molar-refractivity contribution in [3.05, 3.63) is 53.6 Å². The lowest BCUT2D eigenvalue weighted by molar-refractivity contribution is -0.127. The van der Waals surface area contributed by atoms with Crippen LogP contribution in [0.3, 0.4) is 0 Å². The zero-order valence-electron chi connectivity index (χ0n) is 15.2. The van der Waals surface area contributed by atoms with Gasteiger partial charge in [0.05, 0.1) is 7.11 Å². The minimum atomic E-state index is -0.339. The van der Waals surface area contributed by atoms with Crippen molar-refractivity contribution in [3.8, 4) is 5.75 Å². The lowest BCUT2D eigenvalue weighted by Crippen LogP contribution is -2.37. The van der Waals surface area contributed by atoms with Crippen molar-refractivity contribution in [2.75, 3.05) is 30.5 Å². The quantitative estimate of drug-likeness (QED) is 0.903. The molecule has 2 aliphatic heterocycles. The van der Waals surface area contributed by atoms with E-state index in [1.165, 1.54) is 0 Å². The fourth-order valence-corrected chi connectivity index (χ4v) is 3.58. The van der Waals surface area contributed by atoms with E-state index in [1.807, 2.05) is 18.2 Å². The van der Waals surface area contributed by atoms with Crippen molar-refractivity contribution in [1.29, 1.82) is 0 Å². The summed E-state index contributed by atoms with van der Waals surface area (Å²) in [5.74, 6) is 0.518. The van der Waals surface area contributed by atoms with Gasteiger partial charge in [-0.1, -0.05) is 6.07 Å². The van der Waals surface area contributed by atoms with Crippen LogP contribution < -0.4 is 15.0 Å². The van der Waals surface area contributed by atoms with Crippen LogP contribution in [0.2, 0.25) is 0 Å². The number of hydrogen-bond donors (Lipinski definition) is 1. The molecule has 6 nitrogen and oxygen atoms in total. The van der Waals surface area contributed by atoms with E-state index >= 15 is 0 Å². The number of benzene rings is 2. The Morgan fingerprint density at radius 1 is 1.19 bits per heavy atom. The fourth-order valence-electron chi connectivity index (χ4n) is 3.58. The van der Waals surface area contributed by atoms with Crippen LogP contribution >= 0.6 is 0 Å². The molecule has 27 heavy (non-hydrogen) atoms. The molecule has 2 aromatic rings. The summed E-state index contributed by atoms with van der Waals surface area (Å²) >= 11 is 0. The monoisotopic (exact) mass is 366 g/mol. The van der Waals surface area contributed by atoms with Crippen LogP contribution in [-0.2, 0) is 16.0 Å². The number of nitrogens with one attached hydrogen (secondary N) is 1. The average molecular weight is 366 g/mol. The van der Waals surface area contributed by atoms with Crippen molar-refractivity contribution in [3.63, 3.8) is 0 Å². The summed E-state index contributed by atoms with van der Waals surface area (Å²) in [6, 6.07) is 12.7. The molecule has 2 aromatic carbocycles. The molecule has 0 aliphatic carbocycles. The topological polar surface area (TPSA) is 67.9 Å². The molecule has 0 aromatic heterocycles. The van der Waals surface area contributed by atoms with Crippen LogP contribution in [0, 0.1) is 0 Å². The van der Waals surface area contributed by atoms with Crippen molar-refractivity contribution in [2.45, 2.75) is 25.4 Å². The molecule has 140 valence electrons. The lowest BCUT2D eigenvalue weighted by Gasteiger charge is -2.21. The zero-order valence-corrected chi connectivity index (χ0v) is 15.2. The van der Waals surface area contributed by atoms with Crippen molar-refractivity contribution in [2.24, 2.45) is 0 Å². The van der Waals surface area contributed by atoms with Crippen LogP contribution in [0.15, 0.2) is 42.5 Å². The smallest absolute Gasteiger partial charge is 0.256 e. The number of carbonyl (C=O) groups excluding carboxylic acids is 2. The Morgan fingerprint density at radius 2 is 2.00 bits per heavy atom. The predicted octanol–water partition coefficient (Wildman–Crippen LogP) is 3.02. The highest BCUT2D eigenvalue weighted by Gasteiger charge is 2.32. The van der Waals surface area contributed by atoms with Gasteiger partial charge in [-0.15, -0.1) is 0 Å². The highest BCUT2D eigenvalue weighted by atomic mass is 16.5. The lowest BCUT2D eigenvalue weighted by atomic mass is 10.1. The second-order valence-electron chi connectivity index (χ2n) is 6.77. The summed E-state index contributed by atoms with van der Waals surface area (Å²) in [6.45, 7) is 1.30. The van der Waals surface area contributed by atoms with E-state index in [4.69, 9.17) is 9.47 Å². The molecular weight excluding hydrogens is 344 g/mol. The molecule has 0 saturated carbocycles. The molecular formula is C21H22N2O4. The third-order valence-electron chi connectivity index (χ3n) is 5.06. The standard InChI is InChI=1S/C21H22N2O4/c1-26-17-8-5-15(6-9-17)20(24)22-16-7-4-14-10-11-23(18(14)13-16)21(25)19-3-2-12-27-19/h4-9,13,19H,2-3,10-12H2,1H3,(H,22,24). The largest absolute Gasteiger partial charge is 0.497 e. The van der Waals surface area contributed by atoms with Crippen molar-refractivity contribution >= 4 is 23.2 Å². The first-order valence-electron chi connectivity index (χ1n) is 9.17. The third-order valence-corrected chi connectivity index (χ3v) is 5.06. The molecule has 2 amide bonds. The van der Waals surface area contributed by atoms with Gasteiger partial charge >= 0.3 is 0 Å². The Hall–Kier alpha value is -2.86. The summed E-state index contributed by atoms with van der Waals surface area (Å²) in [4.78, 5) is 27.0. The molecule has 1 unspecified atom stereocenters. The van der Waals surface area contributed by atoms with Gasteiger partial charge in [0.1, 0.15) is 11.9 Å². The highest BCUT2D eigenvalue weighted by Crippen LogP contribution is 2.32. The maximum absolute atomic E-state index is 12.7. The molecule has 0 radical (unpaired) electrons. The van der Waals surface area contributed by atoms with E-state index in [-0.39, 0.29) is 17.9 Å². The maximum atomic E-state index is 12.7. The van der Waals surface area contributed by atoms with E-state index in [2.05, 4.69) is 5.32 Å². The SMILES string of the molecule is COc1ccc(C(=O)Nc2ccc3c(c2)N(C(=O)C2CCCO2)CC3)cc1. The van der Waals surface area contributed by atoms with E-state index in [1.54, 1.807) is 36.3 Å². The zero-order chi connectivity index (χ0) is 18.8. The van der Waals surface area contributed by atoms with Crippen LogP contribution in [0.25, 0.3) is 0 Å². The summed E-state index contributed by atoms with van der Waals surface area (Å²) in [5, 5.41) is 2.91. The van der Waals surface area contributed by atoms with Gasteiger partial charge in [0, 0.05) is 30.1 Å².